The minimum atomic E-state index is -0.237. The molecule has 0 aliphatic heterocycles. The molecule has 1 aromatic carbocycles. The van der Waals surface area contributed by atoms with E-state index >= 15 is 0 Å². The minimum Gasteiger partial charge on any atom is -0.313 e. The van der Waals surface area contributed by atoms with Gasteiger partial charge in [-0.1, -0.05) is 28.9 Å². The number of hydrogen-bond acceptors (Lipinski definition) is 2. The number of rotatable bonds is 5. The molecule has 0 amide bonds. The maximum absolute atomic E-state index is 13.0. The number of benzene rings is 1. The minimum absolute atomic E-state index is 0.237. The Bertz CT molecular complexity index is 525. The Morgan fingerprint density at radius 2 is 2.28 bits per heavy atom. The van der Waals surface area contributed by atoms with Gasteiger partial charge in [0.05, 0.1) is 12.7 Å². The van der Waals surface area contributed by atoms with Crippen molar-refractivity contribution in [2.24, 2.45) is 0 Å². The molecule has 0 radical (unpaired) electrons. The van der Waals surface area contributed by atoms with Crippen LogP contribution in [0, 0.1) is 5.82 Å². The van der Waals surface area contributed by atoms with Gasteiger partial charge >= 0.3 is 0 Å². The van der Waals surface area contributed by atoms with E-state index in [9.17, 15) is 4.39 Å². The van der Waals surface area contributed by atoms with E-state index in [0.717, 1.165) is 28.7 Å². The highest BCUT2D eigenvalue weighted by Gasteiger charge is 2.04. The third-order valence-corrected chi connectivity index (χ3v) is 3.35. The SMILES string of the molecule is CCNCc1cnn(Cc2ccc(F)cc2Br)c1. The van der Waals surface area contributed by atoms with Crippen molar-refractivity contribution in [2.75, 3.05) is 6.54 Å². The molecule has 0 aliphatic carbocycles. The maximum Gasteiger partial charge on any atom is 0.124 e. The molecule has 1 heterocycles. The van der Waals surface area contributed by atoms with Crippen molar-refractivity contribution < 1.29 is 4.39 Å². The van der Waals surface area contributed by atoms with Gasteiger partial charge in [-0.05, 0) is 24.2 Å². The van der Waals surface area contributed by atoms with E-state index in [0.29, 0.717) is 6.54 Å². The molecule has 0 saturated carbocycles. The molecular formula is C13H15BrFN3. The first kappa shape index (κ1) is 13.2. The lowest BCUT2D eigenvalue weighted by Gasteiger charge is -2.04. The van der Waals surface area contributed by atoms with E-state index < -0.39 is 0 Å². The summed E-state index contributed by atoms with van der Waals surface area (Å²) in [5.41, 5.74) is 2.16. The number of halogens is 2. The quantitative estimate of drug-likeness (QED) is 0.920. The van der Waals surface area contributed by atoms with Gasteiger partial charge in [0, 0.05) is 22.8 Å². The molecule has 1 aromatic heterocycles. The molecule has 96 valence electrons. The lowest BCUT2D eigenvalue weighted by Crippen LogP contribution is -2.11. The van der Waals surface area contributed by atoms with Crippen LogP contribution >= 0.6 is 15.9 Å². The Morgan fingerprint density at radius 1 is 1.44 bits per heavy atom. The van der Waals surface area contributed by atoms with E-state index in [4.69, 9.17) is 0 Å². The van der Waals surface area contributed by atoms with Crippen LogP contribution in [0.5, 0.6) is 0 Å². The molecular weight excluding hydrogens is 297 g/mol. The molecule has 0 fully saturated rings. The first-order chi connectivity index (χ1) is 8.69. The van der Waals surface area contributed by atoms with Crippen LogP contribution in [-0.4, -0.2) is 16.3 Å². The molecule has 0 spiro atoms. The Hall–Kier alpha value is -1.20. The van der Waals surface area contributed by atoms with Crippen molar-refractivity contribution in [1.82, 2.24) is 15.1 Å². The molecule has 2 aromatic rings. The molecule has 0 bridgehead atoms. The van der Waals surface area contributed by atoms with Crippen molar-refractivity contribution in [3.05, 3.63) is 52.0 Å². The average molecular weight is 312 g/mol. The number of hydrogen-bond donors (Lipinski definition) is 1. The van der Waals surface area contributed by atoms with Crippen LogP contribution in [0.1, 0.15) is 18.1 Å². The Labute approximate surface area is 114 Å². The third kappa shape index (κ3) is 3.40. The molecule has 0 atom stereocenters. The van der Waals surface area contributed by atoms with E-state index in [-0.39, 0.29) is 5.82 Å². The van der Waals surface area contributed by atoms with E-state index in [1.54, 1.807) is 6.07 Å². The second-order valence-corrected chi connectivity index (χ2v) is 4.92. The summed E-state index contributed by atoms with van der Waals surface area (Å²) in [5, 5.41) is 7.54. The van der Waals surface area contributed by atoms with Crippen LogP contribution in [0.15, 0.2) is 35.1 Å². The molecule has 5 heteroatoms. The highest BCUT2D eigenvalue weighted by Crippen LogP contribution is 2.19. The number of nitrogens with zero attached hydrogens (tertiary/aromatic N) is 2. The standard InChI is InChI=1S/C13H15BrFN3/c1-2-16-6-10-7-17-18(8-10)9-11-3-4-12(15)5-13(11)14/h3-5,7-8,16H,2,6,9H2,1H3. The predicted octanol–water partition coefficient (Wildman–Crippen LogP) is 2.94. The van der Waals surface area contributed by atoms with Crippen LogP contribution in [-0.2, 0) is 13.1 Å². The number of nitrogens with one attached hydrogen (secondary N) is 1. The molecule has 1 N–H and O–H groups in total. The molecule has 18 heavy (non-hydrogen) atoms. The first-order valence-corrected chi connectivity index (χ1v) is 6.64. The fraction of sp³-hybridized carbons (Fsp3) is 0.308. The van der Waals surface area contributed by atoms with Gasteiger partial charge in [-0.2, -0.15) is 5.10 Å². The van der Waals surface area contributed by atoms with Crippen LogP contribution in [0.3, 0.4) is 0 Å². The molecule has 0 aliphatic rings. The van der Waals surface area contributed by atoms with Gasteiger partial charge in [0.25, 0.3) is 0 Å². The van der Waals surface area contributed by atoms with Gasteiger partial charge in [-0.25, -0.2) is 4.39 Å². The smallest absolute Gasteiger partial charge is 0.124 e. The van der Waals surface area contributed by atoms with E-state index in [2.05, 4.69) is 33.3 Å². The fourth-order valence-electron chi connectivity index (χ4n) is 1.68. The molecule has 2 rings (SSSR count). The predicted molar refractivity (Wildman–Crippen MR) is 72.8 cm³/mol. The van der Waals surface area contributed by atoms with E-state index in [1.165, 1.54) is 12.1 Å². The first-order valence-electron chi connectivity index (χ1n) is 5.85. The zero-order valence-electron chi connectivity index (χ0n) is 10.2. The monoisotopic (exact) mass is 311 g/mol. The zero-order chi connectivity index (χ0) is 13.0. The topological polar surface area (TPSA) is 29.9 Å². The summed E-state index contributed by atoms with van der Waals surface area (Å²) in [5.74, 6) is -0.237. The van der Waals surface area contributed by atoms with Crippen molar-refractivity contribution >= 4 is 15.9 Å². The summed E-state index contributed by atoms with van der Waals surface area (Å²) in [7, 11) is 0. The van der Waals surface area contributed by atoms with Gasteiger partial charge in [0.1, 0.15) is 5.82 Å². The largest absolute Gasteiger partial charge is 0.313 e. The number of aromatic nitrogens is 2. The van der Waals surface area contributed by atoms with Crippen molar-refractivity contribution in [3.63, 3.8) is 0 Å². The van der Waals surface area contributed by atoms with Crippen LogP contribution in [0.25, 0.3) is 0 Å². The van der Waals surface area contributed by atoms with Gasteiger partial charge < -0.3 is 5.32 Å². The lowest BCUT2D eigenvalue weighted by molar-refractivity contribution is 0.623. The van der Waals surface area contributed by atoms with Gasteiger partial charge in [0.2, 0.25) is 0 Å². The Kier molecular flexibility index (Phi) is 4.49. The van der Waals surface area contributed by atoms with Crippen LogP contribution in [0.4, 0.5) is 4.39 Å². The maximum atomic E-state index is 13.0. The van der Waals surface area contributed by atoms with Crippen LogP contribution in [0.2, 0.25) is 0 Å². The summed E-state index contributed by atoms with van der Waals surface area (Å²) in [6, 6.07) is 4.70. The molecule has 0 saturated heterocycles. The fourth-order valence-corrected chi connectivity index (χ4v) is 2.15. The normalized spacial score (nSPS) is 10.8. The zero-order valence-corrected chi connectivity index (χ0v) is 11.7. The van der Waals surface area contributed by atoms with Crippen molar-refractivity contribution in [3.8, 4) is 0 Å². The van der Waals surface area contributed by atoms with Crippen LogP contribution < -0.4 is 5.32 Å². The summed E-state index contributed by atoms with van der Waals surface area (Å²) in [6.07, 6.45) is 3.85. The average Bonchev–Trinajstić information content (AvgIpc) is 2.78. The summed E-state index contributed by atoms with van der Waals surface area (Å²) in [4.78, 5) is 0. The second kappa shape index (κ2) is 6.11. The highest BCUT2D eigenvalue weighted by atomic mass is 79.9. The summed E-state index contributed by atoms with van der Waals surface area (Å²) in [6.45, 7) is 4.46. The third-order valence-electron chi connectivity index (χ3n) is 2.61. The molecule has 0 unspecified atom stereocenters. The van der Waals surface area contributed by atoms with Gasteiger partial charge in [-0.15, -0.1) is 0 Å². The lowest BCUT2D eigenvalue weighted by atomic mass is 10.2. The summed E-state index contributed by atoms with van der Waals surface area (Å²) < 4.78 is 15.6. The van der Waals surface area contributed by atoms with Crippen molar-refractivity contribution in [1.29, 1.82) is 0 Å². The Balaban J connectivity index is 2.06. The van der Waals surface area contributed by atoms with E-state index in [1.807, 2.05) is 17.1 Å². The highest BCUT2D eigenvalue weighted by molar-refractivity contribution is 9.10. The van der Waals surface area contributed by atoms with Gasteiger partial charge in [0.15, 0.2) is 0 Å². The van der Waals surface area contributed by atoms with Gasteiger partial charge in [-0.3, -0.25) is 4.68 Å². The second-order valence-electron chi connectivity index (χ2n) is 4.06. The molecule has 3 nitrogen and oxygen atoms in total. The summed E-state index contributed by atoms with van der Waals surface area (Å²) >= 11 is 3.36. The Morgan fingerprint density at radius 3 is 3.00 bits per heavy atom. The van der Waals surface area contributed by atoms with Crippen molar-refractivity contribution in [2.45, 2.75) is 20.0 Å².